The number of ether oxygens (including phenoxy) is 1. The summed E-state index contributed by atoms with van der Waals surface area (Å²) in [5.41, 5.74) is -0.184. The molecule has 2 atom stereocenters. The molecule has 0 aromatic heterocycles. The van der Waals surface area contributed by atoms with E-state index in [2.05, 4.69) is 4.90 Å². The fourth-order valence-corrected chi connectivity index (χ4v) is 3.89. The minimum Gasteiger partial charge on any atom is -0.394 e. The molecule has 1 spiro atoms. The van der Waals surface area contributed by atoms with Crippen molar-refractivity contribution < 1.29 is 23.4 Å². The van der Waals surface area contributed by atoms with Crippen LogP contribution in [0, 0.1) is 5.41 Å². The Kier molecular flexibility index (Phi) is 5.07. The maximum Gasteiger partial charge on any atom is 0.148 e. The van der Waals surface area contributed by atoms with Crippen molar-refractivity contribution in [3.8, 4) is 0 Å². The van der Waals surface area contributed by atoms with Gasteiger partial charge in [0.1, 0.15) is 9.84 Å². The molecule has 1 aliphatic carbocycles. The second kappa shape index (κ2) is 6.27. The zero-order valence-electron chi connectivity index (χ0n) is 12.0. The Hall–Kier alpha value is -0.210. The lowest BCUT2D eigenvalue weighted by molar-refractivity contribution is -0.213. The number of likely N-dealkylation sites (tertiary alicyclic amines) is 1. The van der Waals surface area contributed by atoms with Crippen molar-refractivity contribution in [2.45, 2.75) is 31.5 Å². The van der Waals surface area contributed by atoms with E-state index in [9.17, 15) is 13.5 Å². The van der Waals surface area contributed by atoms with Crippen molar-refractivity contribution in [2.75, 3.05) is 44.9 Å². The summed E-state index contributed by atoms with van der Waals surface area (Å²) in [5, 5.41) is 18.9. The number of sulfone groups is 1. The largest absolute Gasteiger partial charge is 0.394 e. The van der Waals surface area contributed by atoms with Crippen LogP contribution < -0.4 is 0 Å². The highest BCUT2D eigenvalue weighted by Crippen LogP contribution is 2.50. The molecular formula is C13H25NO5S. The zero-order valence-corrected chi connectivity index (χ0v) is 12.8. The van der Waals surface area contributed by atoms with Gasteiger partial charge in [0.05, 0.1) is 31.2 Å². The van der Waals surface area contributed by atoms with Gasteiger partial charge in [-0.3, -0.25) is 0 Å². The maximum absolute atomic E-state index is 11.2. The molecule has 2 N–H and O–H groups in total. The molecular weight excluding hydrogens is 282 g/mol. The maximum atomic E-state index is 11.2. The van der Waals surface area contributed by atoms with E-state index < -0.39 is 9.84 Å². The molecule has 0 aromatic rings. The van der Waals surface area contributed by atoms with Crippen LogP contribution >= 0.6 is 0 Å². The van der Waals surface area contributed by atoms with Gasteiger partial charge in [-0.05, 0) is 25.9 Å². The topological polar surface area (TPSA) is 87.1 Å². The summed E-state index contributed by atoms with van der Waals surface area (Å²) in [4.78, 5) is 2.14. The number of aliphatic hydroxyl groups excluding tert-OH is 2. The van der Waals surface area contributed by atoms with Crippen LogP contribution in [0.3, 0.4) is 0 Å². The fraction of sp³-hybridized carbons (Fsp3) is 1.00. The lowest BCUT2D eigenvalue weighted by Crippen LogP contribution is -2.62. The first-order valence-corrected chi connectivity index (χ1v) is 9.24. The van der Waals surface area contributed by atoms with Gasteiger partial charge in [0.15, 0.2) is 0 Å². The van der Waals surface area contributed by atoms with Gasteiger partial charge < -0.3 is 19.8 Å². The van der Waals surface area contributed by atoms with Crippen LogP contribution in [0.4, 0.5) is 0 Å². The Morgan fingerprint density at radius 1 is 1.35 bits per heavy atom. The summed E-state index contributed by atoms with van der Waals surface area (Å²) in [7, 11) is -2.92. The van der Waals surface area contributed by atoms with Crippen molar-refractivity contribution in [2.24, 2.45) is 5.41 Å². The molecule has 0 amide bonds. The third-order valence-electron chi connectivity index (χ3n) is 4.72. The quantitative estimate of drug-likeness (QED) is 0.672. The highest BCUT2D eigenvalue weighted by atomic mass is 32.2. The minimum atomic E-state index is -2.92. The summed E-state index contributed by atoms with van der Waals surface area (Å²) in [6.07, 6.45) is 3.25. The van der Waals surface area contributed by atoms with E-state index in [0.717, 1.165) is 25.9 Å². The van der Waals surface area contributed by atoms with E-state index >= 15 is 0 Å². The SMILES string of the molecule is CS(=O)(=O)CCN1CCC2(CC1)C(O)CC2OCCO. The molecule has 1 aliphatic heterocycles. The molecule has 1 saturated heterocycles. The standard InChI is InChI=1S/C13H25NO5S/c1-20(17,18)9-6-14-4-2-13(3-5-14)11(16)10-12(13)19-8-7-15/h11-12,15-16H,2-10H2,1H3. The molecule has 2 aliphatic rings. The first-order chi connectivity index (χ1) is 9.37. The van der Waals surface area contributed by atoms with E-state index in [1.165, 1.54) is 6.26 Å². The smallest absolute Gasteiger partial charge is 0.148 e. The number of rotatable bonds is 6. The molecule has 0 bridgehead atoms. The van der Waals surface area contributed by atoms with Crippen molar-refractivity contribution in [3.63, 3.8) is 0 Å². The molecule has 1 saturated carbocycles. The normalized spacial score (nSPS) is 30.4. The second-order valence-corrected chi connectivity index (χ2v) is 8.30. The monoisotopic (exact) mass is 307 g/mol. The Morgan fingerprint density at radius 2 is 2.00 bits per heavy atom. The van der Waals surface area contributed by atoms with Crippen molar-refractivity contribution in [1.29, 1.82) is 0 Å². The second-order valence-electron chi connectivity index (χ2n) is 6.04. The van der Waals surface area contributed by atoms with Crippen LogP contribution in [0.15, 0.2) is 0 Å². The minimum absolute atomic E-state index is 0.00313. The number of hydrogen-bond donors (Lipinski definition) is 2. The van der Waals surface area contributed by atoms with E-state index in [4.69, 9.17) is 9.84 Å². The highest BCUT2D eigenvalue weighted by molar-refractivity contribution is 7.90. The van der Waals surface area contributed by atoms with Gasteiger partial charge in [-0.1, -0.05) is 0 Å². The van der Waals surface area contributed by atoms with Crippen LogP contribution in [0.2, 0.25) is 0 Å². The Morgan fingerprint density at radius 3 is 2.50 bits per heavy atom. The third kappa shape index (κ3) is 3.51. The molecule has 2 fully saturated rings. The predicted molar refractivity (Wildman–Crippen MR) is 75.3 cm³/mol. The summed E-state index contributed by atoms with van der Waals surface area (Å²) >= 11 is 0. The zero-order chi connectivity index (χ0) is 14.8. The van der Waals surface area contributed by atoms with E-state index in [-0.39, 0.29) is 30.0 Å². The number of piperidine rings is 1. The summed E-state index contributed by atoms with van der Waals surface area (Å²) in [6, 6.07) is 0. The average molecular weight is 307 g/mol. The van der Waals surface area contributed by atoms with Crippen LogP contribution in [0.1, 0.15) is 19.3 Å². The molecule has 20 heavy (non-hydrogen) atoms. The summed E-state index contributed by atoms with van der Waals surface area (Å²) < 4.78 is 28.0. The molecule has 1 heterocycles. The van der Waals surface area contributed by atoms with E-state index in [1.807, 2.05) is 0 Å². The van der Waals surface area contributed by atoms with Gasteiger partial charge >= 0.3 is 0 Å². The molecule has 2 rings (SSSR count). The average Bonchev–Trinajstić information content (AvgIpc) is 2.40. The van der Waals surface area contributed by atoms with Crippen LogP contribution in [-0.4, -0.2) is 80.6 Å². The van der Waals surface area contributed by atoms with E-state index in [1.54, 1.807) is 0 Å². The predicted octanol–water partition coefficient (Wildman–Crippen LogP) is -0.745. The van der Waals surface area contributed by atoms with Gasteiger partial charge in [0, 0.05) is 24.6 Å². The number of aliphatic hydroxyl groups is 2. The van der Waals surface area contributed by atoms with Crippen LogP contribution in [-0.2, 0) is 14.6 Å². The van der Waals surface area contributed by atoms with Crippen molar-refractivity contribution in [1.82, 2.24) is 4.90 Å². The molecule has 0 aromatic carbocycles. The summed E-state index contributed by atoms with van der Waals surface area (Å²) in [5.74, 6) is 0.187. The molecule has 7 heteroatoms. The molecule has 2 unspecified atom stereocenters. The lowest BCUT2D eigenvalue weighted by Gasteiger charge is -2.56. The first-order valence-electron chi connectivity index (χ1n) is 7.18. The van der Waals surface area contributed by atoms with Crippen LogP contribution in [0.25, 0.3) is 0 Å². The molecule has 118 valence electrons. The van der Waals surface area contributed by atoms with Crippen molar-refractivity contribution >= 4 is 9.84 Å². The fourth-order valence-electron chi connectivity index (χ4n) is 3.30. The lowest BCUT2D eigenvalue weighted by atomic mass is 9.58. The highest BCUT2D eigenvalue weighted by Gasteiger charge is 2.55. The molecule has 6 nitrogen and oxygen atoms in total. The van der Waals surface area contributed by atoms with Gasteiger partial charge in [-0.15, -0.1) is 0 Å². The number of nitrogens with zero attached hydrogens (tertiary/aromatic N) is 1. The molecule has 0 radical (unpaired) electrons. The van der Waals surface area contributed by atoms with Gasteiger partial charge in [0.25, 0.3) is 0 Å². The van der Waals surface area contributed by atoms with E-state index in [0.29, 0.717) is 19.6 Å². The van der Waals surface area contributed by atoms with Crippen molar-refractivity contribution in [3.05, 3.63) is 0 Å². The summed E-state index contributed by atoms with van der Waals surface area (Å²) in [6.45, 7) is 2.48. The van der Waals surface area contributed by atoms with Crippen LogP contribution in [0.5, 0.6) is 0 Å². The third-order valence-corrected chi connectivity index (χ3v) is 5.64. The van der Waals surface area contributed by atoms with Gasteiger partial charge in [0.2, 0.25) is 0 Å². The Balaban J connectivity index is 1.83. The Bertz CT molecular complexity index is 416. The van der Waals surface area contributed by atoms with Gasteiger partial charge in [-0.2, -0.15) is 0 Å². The number of hydrogen-bond acceptors (Lipinski definition) is 6. The van der Waals surface area contributed by atoms with Gasteiger partial charge in [-0.25, -0.2) is 8.42 Å². The Labute approximate surface area is 120 Å². The first kappa shape index (κ1) is 16.2.